The molecule has 1 aliphatic heterocycles. The molecular formula is C12H21ClN2O4. The minimum Gasteiger partial charge on any atom is -0.448 e. The fourth-order valence-electron chi connectivity index (χ4n) is 2.01. The molecular weight excluding hydrogens is 272 g/mol. The maximum atomic E-state index is 12.0. The Kier molecular flexibility index (Phi) is 5.04. The summed E-state index contributed by atoms with van der Waals surface area (Å²) in [7, 11) is 1.87. The number of alkyl carbamates (subject to hydrolysis) is 1. The van der Waals surface area contributed by atoms with Gasteiger partial charge in [0.1, 0.15) is 5.60 Å². The van der Waals surface area contributed by atoms with Gasteiger partial charge in [-0.25, -0.2) is 9.59 Å². The van der Waals surface area contributed by atoms with Gasteiger partial charge in [-0.3, -0.25) is 0 Å². The van der Waals surface area contributed by atoms with Crippen LogP contribution in [0.25, 0.3) is 0 Å². The topological polar surface area (TPSA) is 67.9 Å². The maximum Gasteiger partial charge on any atom is 0.408 e. The van der Waals surface area contributed by atoms with Gasteiger partial charge in [0.25, 0.3) is 0 Å². The first-order valence-electron chi connectivity index (χ1n) is 6.11. The van der Waals surface area contributed by atoms with Gasteiger partial charge in [-0.15, -0.1) is 0 Å². The highest BCUT2D eigenvalue weighted by molar-refractivity contribution is 6.17. The number of amides is 1. The summed E-state index contributed by atoms with van der Waals surface area (Å²) in [6, 6.07) is -0.236. The van der Waals surface area contributed by atoms with E-state index in [1.807, 2.05) is 11.9 Å². The van der Waals surface area contributed by atoms with Gasteiger partial charge in [-0.1, -0.05) is 11.6 Å². The lowest BCUT2D eigenvalue weighted by Gasteiger charge is -2.29. The van der Waals surface area contributed by atoms with Crippen LogP contribution >= 0.6 is 11.6 Å². The molecule has 1 N–H and O–H groups in total. The highest BCUT2D eigenvalue weighted by atomic mass is 35.5. The Morgan fingerprint density at radius 3 is 2.47 bits per heavy atom. The van der Waals surface area contributed by atoms with E-state index < -0.39 is 23.2 Å². The summed E-state index contributed by atoms with van der Waals surface area (Å²) in [6.45, 7) is 6.35. The van der Waals surface area contributed by atoms with Crippen LogP contribution < -0.4 is 5.32 Å². The molecule has 0 bridgehead atoms. The minimum absolute atomic E-state index is 0.236. The summed E-state index contributed by atoms with van der Waals surface area (Å²) in [5, 5.41) is 2.63. The Hall–Kier alpha value is -1.01. The van der Waals surface area contributed by atoms with E-state index in [0.29, 0.717) is 19.5 Å². The maximum absolute atomic E-state index is 12.0. The van der Waals surface area contributed by atoms with Gasteiger partial charge in [0.05, 0.1) is 0 Å². The average molecular weight is 293 g/mol. The van der Waals surface area contributed by atoms with Crippen LogP contribution in [0.3, 0.4) is 0 Å². The molecule has 1 unspecified atom stereocenters. The summed E-state index contributed by atoms with van der Waals surface area (Å²) in [5.41, 5.74) is -1.70. The molecule has 1 aliphatic rings. The number of carbonyl (C=O) groups is 2. The molecule has 0 radical (unpaired) electrons. The second-order valence-corrected chi connectivity index (χ2v) is 5.96. The smallest absolute Gasteiger partial charge is 0.408 e. The van der Waals surface area contributed by atoms with Crippen molar-refractivity contribution in [1.82, 2.24) is 10.2 Å². The summed E-state index contributed by atoms with van der Waals surface area (Å²) >= 11 is 5.42. The molecule has 1 amide bonds. The largest absolute Gasteiger partial charge is 0.448 e. The number of nitrogens with one attached hydrogen (secondary N) is 1. The average Bonchev–Trinajstić information content (AvgIpc) is 2.58. The first-order valence-corrected chi connectivity index (χ1v) is 6.65. The number of nitrogens with zero attached hydrogens (tertiary/aromatic N) is 1. The molecule has 1 saturated heterocycles. The van der Waals surface area contributed by atoms with Gasteiger partial charge in [0.2, 0.25) is 0 Å². The van der Waals surface area contributed by atoms with Crippen LogP contribution in [0.5, 0.6) is 0 Å². The van der Waals surface area contributed by atoms with Gasteiger partial charge in [-0.05, 0) is 34.2 Å². The van der Waals surface area contributed by atoms with E-state index >= 15 is 0 Å². The van der Waals surface area contributed by atoms with Crippen molar-refractivity contribution in [3.05, 3.63) is 0 Å². The van der Waals surface area contributed by atoms with Crippen molar-refractivity contribution >= 4 is 23.7 Å². The van der Waals surface area contributed by atoms with Crippen molar-refractivity contribution in [2.45, 2.75) is 38.3 Å². The molecule has 0 saturated carbocycles. The predicted molar refractivity (Wildman–Crippen MR) is 71.0 cm³/mol. The number of rotatable bonds is 3. The standard InChI is InChI=1S/C12H21ClN2O4/c1-11(2,3)19-10(17)14-12(9(16)18-8-13)5-6-15(4)7-12/h5-8H2,1-4H3,(H,14,17). The lowest BCUT2D eigenvalue weighted by Crippen LogP contribution is -2.57. The number of carbonyl (C=O) groups excluding carboxylic acids is 2. The van der Waals surface area contributed by atoms with Crippen LogP contribution in [0.1, 0.15) is 27.2 Å². The number of halogens is 1. The first-order chi connectivity index (χ1) is 8.68. The second-order valence-electron chi connectivity index (χ2n) is 5.74. The summed E-state index contributed by atoms with van der Waals surface area (Å²) < 4.78 is 10.0. The number of ether oxygens (including phenoxy) is 2. The first kappa shape index (κ1) is 16.0. The van der Waals surface area contributed by atoms with E-state index in [0.717, 1.165) is 0 Å². The van der Waals surface area contributed by atoms with Gasteiger partial charge < -0.3 is 19.7 Å². The fraction of sp³-hybridized carbons (Fsp3) is 0.833. The van der Waals surface area contributed by atoms with Crippen molar-refractivity contribution in [2.75, 3.05) is 26.2 Å². The van der Waals surface area contributed by atoms with E-state index in [1.54, 1.807) is 20.8 Å². The van der Waals surface area contributed by atoms with Crippen LogP contribution in [0.2, 0.25) is 0 Å². The molecule has 0 aromatic rings. The third kappa shape index (κ3) is 4.54. The normalized spacial score (nSPS) is 24.1. The summed E-state index contributed by atoms with van der Waals surface area (Å²) in [5.74, 6) is -0.530. The number of likely N-dealkylation sites (tertiary alicyclic amines) is 1. The van der Waals surface area contributed by atoms with Crippen molar-refractivity contribution in [2.24, 2.45) is 0 Å². The SMILES string of the molecule is CN1CCC(NC(=O)OC(C)(C)C)(C(=O)OCCl)C1. The molecule has 1 rings (SSSR count). The quantitative estimate of drug-likeness (QED) is 0.628. The number of esters is 1. The van der Waals surface area contributed by atoms with Crippen LogP contribution in [0.15, 0.2) is 0 Å². The molecule has 0 aliphatic carbocycles. The third-order valence-corrected chi connectivity index (χ3v) is 2.89. The number of likely N-dealkylation sites (N-methyl/N-ethyl adjacent to an activating group) is 1. The minimum atomic E-state index is -1.08. The van der Waals surface area contributed by atoms with E-state index in [2.05, 4.69) is 5.32 Å². The molecule has 1 atom stereocenters. The van der Waals surface area contributed by atoms with E-state index in [1.165, 1.54) is 0 Å². The highest BCUT2D eigenvalue weighted by Crippen LogP contribution is 2.23. The Balaban J connectivity index is 2.76. The van der Waals surface area contributed by atoms with Crippen molar-refractivity contribution in [3.8, 4) is 0 Å². The Morgan fingerprint density at radius 2 is 2.05 bits per heavy atom. The van der Waals surface area contributed by atoms with E-state index in [4.69, 9.17) is 21.1 Å². The molecule has 0 aromatic heterocycles. The fourth-order valence-corrected chi connectivity index (χ4v) is 2.11. The summed E-state index contributed by atoms with van der Waals surface area (Å²) in [4.78, 5) is 25.8. The van der Waals surface area contributed by atoms with Crippen molar-refractivity contribution in [1.29, 1.82) is 0 Å². The van der Waals surface area contributed by atoms with Gasteiger partial charge >= 0.3 is 12.1 Å². The molecule has 6 nitrogen and oxygen atoms in total. The van der Waals surface area contributed by atoms with Crippen molar-refractivity contribution < 1.29 is 19.1 Å². The summed E-state index contributed by atoms with van der Waals surface area (Å²) in [6.07, 6.45) is -0.160. The number of alkyl halides is 1. The van der Waals surface area contributed by atoms with Gasteiger partial charge in [0.15, 0.2) is 11.6 Å². The monoisotopic (exact) mass is 292 g/mol. The molecule has 19 heavy (non-hydrogen) atoms. The third-order valence-electron chi connectivity index (χ3n) is 2.78. The number of hydrogen-bond acceptors (Lipinski definition) is 5. The number of hydrogen-bond donors (Lipinski definition) is 1. The van der Waals surface area contributed by atoms with Crippen LogP contribution in [0, 0.1) is 0 Å². The Bertz CT molecular complexity index is 356. The zero-order valence-electron chi connectivity index (χ0n) is 11.8. The Morgan fingerprint density at radius 1 is 1.42 bits per heavy atom. The van der Waals surface area contributed by atoms with E-state index in [-0.39, 0.29) is 6.07 Å². The van der Waals surface area contributed by atoms with Crippen LogP contribution in [-0.4, -0.2) is 54.3 Å². The molecule has 7 heteroatoms. The van der Waals surface area contributed by atoms with Crippen molar-refractivity contribution in [3.63, 3.8) is 0 Å². The molecule has 110 valence electrons. The van der Waals surface area contributed by atoms with Crippen LogP contribution in [0.4, 0.5) is 4.79 Å². The highest BCUT2D eigenvalue weighted by Gasteiger charge is 2.47. The molecule has 1 fully saturated rings. The van der Waals surface area contributed by atoms with Crippen LogP contribution in [-0.2, 0) is 14.3 Å². The van der Waals surface area contributed by atoms with Gasteiger partial charge in [-0.2, -0.15) is 0 Å². The second kappa shape index (κ2) is 5.96. The lowest BCUT2D eigenvalue weighted by molar-refractivity contribution is -0.149. The van der Waals surface area contributed by atoms with Gasteiger partial charge in [0, 0.05) is 13.1 Å². The van der Waals surface area contributed by atoms with E-state index in [9.17, 15) is 9.59 Å². The molecule has 1 heterocycles. The Labute approximate surface area is 118 Å². The zero-order chi connectivity index (χ0) is 14.7. The molecule has 0 spiro atoms. The predicted octanol–water partition coefficient (Wildman–Crippen LogP) is 1.32. The zero-order valence-corrected chi connectivity index (χ0v) is 12.5. The molecule has 0 aromatic carbocycles. The lowest BCUT2D eigenvalue weighted by atomic mass is 9.99.